The minimum Gasteiger partial charge on any atom is -0.384 e. The Morgan fingerprint density at radius 1 is 1.11 bits per heavy atom. The number of anilines is 1. The first kappa shape index (κ1) is 27.9. The summed E-state index contributed by atoms with van der Waals surface area (Å²) in [5.74, 6) is 3.00. The lowest BCUT2D eigenvalue weighted by atomic mass is 9.84. The SMILES string of the molecule is CCC1CCC(NCc2ccc(C(C)(C)O)nc2)CC1.CNc1c(C2C=CN=C(C)N2C)cnn1C. The normalized spacial score (nSPS) is 22.1. The average Bonchev–Trinajstić information content (AvgIpc) is 3.25. The Morgan fingerprint density at radius 3 is 2.42 bits per heavy atom. The molecule has 36 heavy (non-hydrogen) atoms. The van der Waals surface area contributed by atoms with E-state index in [1.54, 1.807) is 13.8 Å². The van der Waals surface area contributed by atoms with Crippen LogP contribution >= 0.6 is 0 Å². The van der Waals surface area contributed by atoms with Gasteiger partial charge in [-0.15, -0.1) is 0 Å². The number of aliphatic hydroxyl groups is 1. The molecule has 1 saturated carbocycles. The number of aryl methyl sites for hydroxylation is 1. The average molecular weight is 496 g/mol. The predicted molar refractivity (Wildman–Crippen MR) is 148 cm³/mol. The molecule has 198 valence electrons. The number of amidine groups is 1. The van der Waals surface area contributed by atoms with Crippen molar-refractivity contribution in [3.05, 3.63) is 53.6 Å². The molecular weight excluding hydrogens is 450 g/mol. The fourth-order valence-electron chi connectivity index (χ4n) is 4.87. The number of nitrogens with one attached hydrogen (secondary N) is 2. The predicted octanol–water partition coefficient (Wildman–Crippen LogP) is 4.75. The van der Waals surface area contributed by atoms with Gasteiger partial charge in [0.05, 0.1) is 17.9 Å². The van der Waals surface area contributed by atoms with E-state index in [1.807, 2.05) is 57.4 Å². The Bertz CT molecular complexity index is 1010. The highest BCUT2D eigenvalue weighted by atomic mass is 16.3. The monoisotopic (exact) mass is 495 g/mol. The summed E-state index contributed by atoms with van der Waals surface area (Å²) in [5.41, 5.74) is 2.23. The van der Waals surface area contributed by atoms with Crippen LogP contribution in [-0.2, 0) is 19.2 Å². The number of nitrogens with zero attached hydrogens (tertiary/aromatic N) is 5. The summed E-state index contributed by atoms with van der Waals surface area (Å²) in [6.07, 6.45) is 14.4. The number of hydrogen-bond acceptors (Lipinski definition) is 7. The van der Waals surface area contributed by atoms with E-state index in [1.165, 1.54) is 37.7 Å². The first-order valence-corrected chi connectivity index (χ1v) is 13.2. The molecule has 0 aromatic carbocycles. The fraction of sp³-hybridized carbons (Fsp3) is 0.607. The van der Waals surface area contributed by atoms with E-state index < -0.39 is 5.60 Å². The van der Waals surface area contributed by atoms with Crippen molar-refractivity contribution >= 4 is 11.7 Å². The minimum atomic E-state index is -0.857. The number of pyridine rings is 1. The van der Waals surface area contributed by atoms with Crippen LogP contribution in [-0.4, -0.2) is 50.7 Å². The van der Waals surface area contributed by atoms with Crippen molar-refractivity contribution in [3.63, 3.8) is 0 Å². The van der Waals surface area contributed by atoms with E-state index in [0.717, 1.165) is 35.4 Å². The van der Waals surface area contributed by atoms with Gasteiger partial charge in [0.2, 0.25) is 0 Å². The van der Waals surface area contributed by atoms with Gasteiger partial charge in [-0.2, -0.15) is 5.10 Å². The number of aliphatic imine (C=N–C) groups is 1. The molecule has 8 nitrogen and oxygen atoms in total. The number of likely N-dealkylation sites (N-methyl/N-ethyl adjacent to an activating group) is 1. The highest BCUT2D eigenvalue weighted by Gasteiger charge is 2.23. The van der Waals surface area contributed by atoms with Crippen LogP contribution in [0, 0.1) is 5.92 Å². The summed E-state index contributed by atoms with van der Waals surface area (Å²) in [6.45, 7) is 8.71. The standard InChI is InChI=1S/C17H28N2O.C11H17N5/c1-4-13-5-8-15(9-6-13)18-11-14-7-10-16(19-12-14)17(2,3)20;1-8-13-6-5-10(15(8)3)9-7-14-16(4)11(9)12-2/h7,10,12-13,15,18,20H,4-6,8-9,11H2,1-3H3;5-7,10,12H,1-4H3. The van der Waals surface area contributed by atoms with Crippen molar-refractivity contribution in [2.24, 2.45) is 18.0 Å². The lowest BCUT2D eigenvalue weighted by Crippen LogP contribution is -2.32. The molecule has 3 heterocycles. The molecule has 2 aromatic heterocycles. The molecule has 1 fully saturated rings. The molecule has 0 saturated heterocycles. The molecule has 8 heteroatoms. The van der Waals surface area contributed by atoms with Crippen molar-refractivity contribution in [2.45, 2.75) is 84.0 Å². The first-order chi connectivity index (χ1) is 17.1. The third-order valence-electron chi connectivity index (χ3n) is 7.45. The van der Waals surface area contributed by atoms with Gasteiger partial charge in [-0.25, -0.2) is 4.99 Å². The number of hydrogen-bond donors (Lipinski definition) is 3. The lowest BCUT2D eigenvalue weighted by molar-refractivity contribution is 0.0738. The summed E-state index contributed by atoms with van der Waals surface area (Å²) in [5, 5.41) is 21.0. The fourth-order valence-corrected chi connectivity index (χ4v) is 4.87. The van der Waals surface area contributed by atoms with Gasteiger partial charge >= 0.3 is 0 Å². The third-order valence-corrected chi connectivity index (χ3v) is 7.45. The topological polar surface area (TPSA) is 90.6 Å². The molecule has 0 radical (unpaired) electrons. The van der Waals surface area contributed by atoms with Gasteiger partial charge in [0.25, 0.3) is 0 Å². The molecule has 0 amide bonds. The van der Waals surface area contributed by atoms with Crippen LogP contribution in [0.15, 0.2) is 41.8 Å². The first-order valence-electron chi connectivity index (χ1n) is 13.2. The number of aromatic nitrogens is 3. The van der Waals surface area contributed by atoms with Gasteiger partial charge in [0.15, 0.2) is 0 Å². The molecular formula is C28H45N7O. The summed E-state index contributed by atoms with van der Waals surface area (Å²) in [7, 11) is 5.89. The highest BCUT2D eigenvalue weighted by molar-refractivity contribution is 5.81. The van der Waals surface area contributed by atoms with Gasteiger partial charge in [-0.1, -0.05) is 19.4 Å². The molecule has 1 atom stereocenters. The zero-order valence-electron chi connectivity index (χ0n) is 23.1. The molecule has 3 N–H and O–H groups in total. The van der Waals surface area contributed by atoms with Crippen LogP contribution < -0.4 is 10.6 Å². The molecule has 1 aliphatic heterocycles. The van der Waals surface area contributed by atoms with E-state index in [9.17, 15) is 5.11 Å². The molecule has 0 bridgehead atoms. The maximum Gasteiger partial charge on any atom is 0.129 e. The minimum absolute atomic E-state index is 0.202. The van der Waals surface area contributed by atoms with E-state index in [0.29, 0.717) is 6.04 Å². The Labute approximate surface area is 216 Å². The highest BCUT2D eigenvalue weighted by Crippen LogP contribution is 2.29. The summed E-state index contributed by atoms with van der Waals surface area (Å²) in [6, 6.07) is 4.84. The molecule has 4 rings (SSSR count). The summed E-state index contributed by atoms with van der Waals surface area (Å²) >= 11 is 0. The molecule has 1 aliphatic carbocycles. The summed E-state index contributed by atoms with van der Waals surface area (Å²) in [4.78, 5) is 10.7. The van der Waals surface area contributed by atoms with Crippen molar-refractivity contribution in [1.29, 1.82) is 0 Å². The van der Waals surface area contributed by atoms with Gasteiger partial charge in [0.1, 0.15) is 17.3 Å². The van der Waals surface area contributed by atoms with Gasteiger partial charge in [0, 0.05) is 51.7 Å². The lowest BCUT2D eigenvalue weighted by Gasteiger charge is -2.29. The van der Waals surface area contributed by atoms with Gasteiger partial charge < -0.3 is 20.6 Å². The second-order valence-corrected chi connectivity index (χ2v) is 10.5. The molecule has 2 aliphatic rings. The van der Waals surface area contributed by atoms with Crippen LogP contribution in [0.25, 0.3) is 0 Å². The van der Waals surface area contributed by atoms with Crippen LogP contribution in [0.4, 0.5) is 5.82 Å². The van der Waals surface area contributed by atoms with Crippen molar-refractivity contribution in [2.75, 3.05) is 19.4 Å². The zero-order chi connectivity index (χ0) is 26.3. The van der Waals surface area contributed by atoms with Crippen molar-refractivity contribution in [3.8, 4) is 0 Å². The summed E-state index contributed by atoms with van der Waals surface area (Å²) < 4.78 is 1.85. The van der Waals surface area contributed by atoms with Crippen molar-refractivity contribution in [1.82, 2.24) is 25.0 Å². The second-order valence-electron chi connectivity index (χ2n) is 10.5. The van der Waals surface area contributed by atoms with Crippen molar-refractivity contribution < 1.29 is 5.11 Å². The Balaban J connectivity index is 0.000000205. The van der Waals surface area contributed by atoms with Crippen LogP contribution in [0.5, 0.6) is 0 Å². The molecule has 1 unspecified atom stereocenters. The Kier molecular flexibility index (Phi) is 9.68. The zero-order valence-corrected chi connectivity index (χ0v) is 23.1. The smallest absolute Gasteiger partial charge is 0.129 e. The van der Waals surface area contributed by atoms with E-state index in [-0.39, 0.29) is 6.04 Å². The maximum atomic E-state index is 9.88. The Morgan fingerprint density at radius 2 is 1.83 bits per heavy atom. The maximum absolute atomic E-state index is 9.88. The Hall–Kier alpha value is -2.71. The second kappa shape index (κ2) is 12.5. The van der Waals surface area contributed by atoms with Crippen LogP contribution in [0.1, 0.15) is 82.7 Å². The molecule has 0 spiro atoms. The van der Waals surface area contributed by atoms with Crippen LogP contribution in [0.2, 0.25) is 0 Å². The van der Waals surface area contributed by atoms with Crippen LogP contribution in [0.3, 0.4) is 0 Å². The van der Waals surface area contributed by atoms with E-state index >= 15 is 0 Å². The largest absolute Gasteiger partial charge is 0.384 e. The van der Waals surface area contributed by atoms with Gasteiger partial charge in [-0.3, -0.25) is 9.67 Å². The van der Waals surface area contributed by atoms with E-state index in [4.69, 9.17) is 0 Å². The number of rotatable bonds is 7. The quantitative estimate of drug-likeness (QED) is 0.514. The third kappa shape index (κ3) is 7.17. The van der Waals surface area contributed by atoms with E-state index in [2.05, 4.69) is 49.7 Å². The van der Waals surface area contributed by atoms with Gasteiger partial charge in [-0.05, 0) is 70.1 Å². The molecule has 2 aromatic rings.